The van der Waals surface area contributed by atoms with Crippen LogP contribution in [0.15, 0.2) is 66.9 Å². The number of pyridine rings is 1. The van der Waals surface area contributed by atoms with Gasteiger partial charge in [0.1, 0.15) is 23.4 Å². The summed E-state index contributed by atoms with van der Waals surface area (Å²) < 4.78 is 19.0. The van der Waals surface area contributed by atoms with E-state index in [0.717, 1.165) is 39.4 Å². The molecule has 0 saturated heterocycles. The Morgan fingerprint density at radius 2 is 1.80 bits per heavy atom. The van der Waals surface area contributed by atoms with Crippen LogP contribution in [0.4, 0.5) is 4.39 Å². The Hall–Kier alpha value is -3.67. The molecule has 0 fully saturated rings. The molecule has 3 heterocycles. The minimum absolute atomic E-state index is 0.328. The molecule has 6 heteroatoms. The van der Waals surface area contributed by atoms with Gasteiger partial charge in [-0.25, -0.2) is 9.37 Å². The van der Waals surface area contributed by atoms with E-state index in [0.29, 0.717) is 5.69 Å². The van der Waals surface area contributed by atoms with Gasteiger partial charge in [0.15, 0.2) is 0 Å². The van der Waals surface area contributed by atoms with Gasteiger partial charge in [0.25, 0.3) is 0 Å². The number of H-pyrrole nitrogens is 1. The Balaban J connectivity index is 1.78. The molecule has 2 aromatic carbocycles. The van der Waals surface area contributed by atoms with Crippen molar-refractivity contribution in [2.24, 2.45) is 7.05 Å². The van der Waals surface area contributed by atoms with Gasteiger partial charge in [-0.05, 0) is 43.7 Å². The summed E-state index contributed by atoms with van der Waals surface area (Å²) in [5, 5.41) is 3.23. The Bertz CT molecular complexity index is 1330. The molecule has 0 aliphatic carbocycles. The fourth-order valence-corrected chi connectivity index (χ4v) is 4.32. The molecule has 5 nitrogen and oxygen atoms in total. The van der Waals surface area contributed by atoms with Crippen LogP contribution in [0.1, 0.15) is 28.8 Å². The topological polar surface area (TPSA) is 51.4 Å². The quantitative estimate of drug-likeness (QED) is 0.454. The highest BCUT2D eigenvalue weighted by Gasteiger charge is 2.25. The second-order valence-electron chi connectivity index (χ2n) is 7.56. The van der Waals surface area contributed by atoms with Crippen LogP contribution in [-0.2, 0) is 7.05 Å². The van der Waals surface area contributed by atoms with E-state index in [2.05, 4.69) is 33.7 Å². The smallest absolute Gasteiger partial charge is 0.147 e. The van der Waals surface area contributed by atoms with E-state index in [1.165, 1.54) is 6.07 Å². The van der Waals surface area contributed by atoms with Crippen molar-refractivity contribution in [3.63, 3.8) is 0 Å². The third-order valence-corrected chi connectivity index (χ3v) is 5.58. The van der Waals surface area contributed by atoms with Gasteiger partial charge in [0.05, 0.1) is 22.4 Å². The highest BCUT2D eigenvalue weighted by atomic mass is 19.1. The molecule has 0 amide bonds. The molecular weight excluding hydrogens is 377 g/mol. The number of benzene rings is 2. The maximum Gasteiger partial charge on any atom is 0.147 e. The predicted molar refractivity (Wildman–Crippen MR) is 116 cm³/mol. The molecule has 0 aliphatic heterocycles. The molecule has 0 spiro atoms. The van der Waals surface area contributed by atoms with Crippen molar-refractivity contribution in [2.75, 3.05) is 0 Å². The molecule has 0 saturated carbocycles. The second-order valence-corrected chi connectivity index (χ2v) is 7.56. The maximum atomic E-state index is 14.9. The number of aromatic amines is 1. The van der Waals surface area contributed by atoms with Crippen molar-refractivity contribution in [1.82, 2.24) is 24.3 Å². The van der Waals surface area contributed by atoms with Crippen molar-refractivity contribution in [2.45, 2.75) is 19.9 Å². The lowest BCUT2D eigenvalue weighted by Crippen LogP contribution is -2.17. The van der Waals surface area contributed by atoms with Crippen LogP contribution in [0.3, 0.4) is 0 Å². The van der Waals surface area contributed by atoms with Crippen LogP contribution >= 0.6 is 0 Å². The van der Waals surface area contributed by atoms with Gasteiger partial charge < -0.3 is 9.67 Å². The van der Waals surface area contributed by atoms with Gasteiger partial charge in [-0.1, -0.05) is 36.4 Å². The summed E-state index contributed by atoms with van der Waals surface area (Å²) in [6.45, 7) is 4.01. The SMILES string of the molecule is Cc1[nH]n(C)c1-c1ccc2nc(C)n(C(c3ccccc3)c3ncccc3F)c2c1. The molecule has 150 valence electrons. The van der Waals surface area contributed by atoms with E-state index >= 15 is 0 Å². The Labute approximate surface area is 173 Å². The van der Waals surface area contributed by atoms with Crippen LogP contribution in [0, 0.1) is 19.7 Å². The van der Waals surface area contributed by atoms with E-state index < -0.39 is 6.04 Å². The van der Waals surface area contributed by atoms with Crippen LogP contribution in [0.5, 0.6) is 0 Å². The fourth-order valence-electron chi connectivity index (χ4n) is 4.32. The summed E-state index contributed by atoms with van der Waals surface area (Å²) in [6, 6.07) is 18.8. The second kappa shape index (κ2) is 6.99. The zero-order valence-electron chi connectivity index (χ0n) is 17.1. The van der Waals surface area contributed by atoms with Crippen molar-refractivity contribution >= 4 is 11.0 Å². The molecule has 1 N–H and O–H groups in total. The van der Waals surface area contributed by atoms with Gasteiger partial charge >= 0.3 is 0 Å². The monoisotopic (exact) mass is 399 g/mol. The van der Waals surface area contributed by atoms with Gasteiger partial charge in [-0.2, -0.15) is 0 Å². The zero-order chi connectivity index (χ0) is 20.8. The Morgan fingerprint density at radius 1 is 1.00 bits per heavy atom. The molecule has 30 heavy (non-hydrogen) atoms. The van der Waals surface area contributed by atoms with Crippen molar-refractivity contribution in [3.05, 3.63) is 95.5 Å². The first-order chi connectivity index (χ1) is 14.5. The van der Waals surface area contributed by atoms with Crippen molar-refractivity contribution in [1.29, 1.82) is 0 Å². The summed E-state index contributed by atoms with van der Waals surface area (Å²) >= 11 is 0. The number of nitrogens with zero attached hydrogens (tertiary/aromatic N) is 4. The number of hydrogen-bond donors (Lipinski definition) is 1. The Kier molecular flexibility index (Phi) is 4.28. The molecule has 0 radical (unpaired) electrons. The predicted octanol–water partition coefficient (Wildman–Crippen LogP) is 5.16. The maximum absolute atomic E-state index is 14.9. The highest BCUT2D eigenvalue weighted by Crippen LogP contribution is 2.34. The minimum Gasteiger partial charge on any atom is -0.315 e. The number of aromatic nitrogens is 5. The number of rotatable bonds is 4. The number of aryl methyl sites for hydroxylation is 3. The molecular formula is C24H22FN5. The van der Waals surface area contributed by atoms with Crippen LogP contribution in [-0.4, -0.2) is 24.3 Å². The molecule has 5 rings (SSSR count). The fraction of sp³-hybridized carbons (Fsp3) is 0.167. The van der Waals surface area contributed by atoms with Crippen molar-refractivity contribution in [3.8, 4) is 11.3 Å². The van der Waals surface area contributed by atoms with E-state index in [-0.39, 0.29) is 5.82 Å². The lowest BCUT2D eigenvalue weighted by Gasteiger charge is -2.22. The average molecular weight is 399 g/mol. The molecule has 1 atom stereocenters. The van der Waals surface area contributed by atoms with E-state index in [1.54, 1.807) is 12.3 Å². The summed E-state index contributed by atoms with van der Waals surface area (Å²) in [5.41, 5.74) is 6.52. The van der Waals surface area contributed by atoms with Crippen LogP contribution < -0.4 is 0 Å². The third kappa shape index (κ3) is 2.84. The van der Waals surface area contributed by atoms with Crippen LogP contribution in [0.25, 0.3) is 22.3 Å². The minimum atomic E-state index is -0.417. The summed E-state index contributed by atoms with van der Waals surface area (Å²) in [7, 11) is 1.99. The molecule has 5 aromatic rings. The number of fused-ring (bicyclic) bond motifs is 1. The van der Waals surface area contributed by atoms with Crippen molar-refractivity contribution < 1.29 is 4.39 Å². The number of imidazole rings is 1. The van der Waals surface area contributed by atoms with Gasteiger partial charge in [0, 0.05) is 18.8 Å². The van der Waals surface area contributed by atoms with E-state index in [1.807, 2.05) is 55.1 Å². The molecule has 0 aliphatic rings. The first-order valence-corrected chi connectivity index (χ1v) is 9.90. The molecule has 0 bridgehead atoms. The number of nitrogens with one attached hydrogen (secondary N) is 1. The number of hydrogen-bond acceptors (Lipinski definition) is 2. The van der Waals surface area contributed by atoms with Gasteiger partial charge in [-0.15, -0.1) is 0 Å². The largest absolute Gasteiger partial charge is 0.315 e. The van der Waals surface area contributed by atoms with Crippen LogP contribution in [0.2, 0.25) is 0 Å². The zero-order valence-corrected chi connectivity index (χ0v) is 17.1. The highest BCUT2D eigenvalue weighted by molar-refractivity contribution is 5.83. The van der Waals surface area contributed by atoms with E-state index in [4.69, 9.17) is 4.98 Å². The summed E-state index contributed by atoms with van der Waals surface area (Å²) in [6.07, 6.45) is 1.64. The van der Waals surface area contributed by atoms with E-state index in [9.17, 15) is 4.39 Å². The number of halogens is 1. The normalized spacial score (nSPS) is 12.5. The summed E-state index contributed by atoms with van der Waals surface area (Å²) in [5.74, 6) is 0.483. The first kappa shape index (κ1) is 18.4. The standard InChI is InChI=1S/C24H22FN5/c1-15-23(29(3)28-15)18-11-12-20-21(14-18)30(16(2)27-20)24(17-8-5-4-6-9-17)22-19(25)10-7-13-26-22/h4-14,24,28H,1-3H3. The first-order valence-electron chi connectivity index (χ1n) is 9.90. The lowest BCUT2D eigenvalue weighted by atomic mass is 10.0. The third-order valence-electron chi connectivity index (χ3n) is 5.58. The average Bonchev–Trinajstić information content (AvgIpc) is 3.06. The summed E-state index contributed by atoms with van der Waals surface area (Å²) in [4.78, 5) is 9.18. The molecule has 3 aromatic heterocycles. The Morgan fingerprint density at radius 3 is 2.50 bits per heavy atom. The van der Waals surface area contributed by atoms with Gasteiger partial charge in [0.2, 0.25) is 0 Å². The lowest BCUT2D eigenvalue weighted by molar-refractivity contribution is 0.556. The van der Waals surface area contributed by atoms with Gasteiger partial charge in [-0.3, -0.25) is 9.67 Å². The molecule has 1 unspecified atom stereocenters.